The Kier molecular flexibility index (Phi) is 4.57. The van der Waals surface area contributed by atoms with E-state index >= 15 is 0 Å². The molecule has 1 aliphatic heterocycles. The minimum Gasteiger partial charge on any atom is -0.507 e. The Morgan fingerprint density at radius 3 is 1.97 bits per heavy atom. The molecule has 0 radical (unpaired) electrons. The average Bonchev–Trinajstić information content (AvgIpc) is 3.09. The van der Waals surface area contributed by atoms with Gasteiger partial charge in [0.15, 0.2) is 0 Å². The predicted octanol–water partition coefficient (Wildman–Crippen LogP) is 4.50. The highest BCUT2D eigenvalue weighted by atomic mass is 16.3. The normalized spacial score (nSPS) is 17.3. The molecule has 29 heavy (non-hydrogen) atoms. The van der Waals surface area contributed by atoms with Crippen LogP contribution < -0.4 is 0 Å². The maximum absolute atomic E-state index is 10.1. The second-order valence-corrected chi connectivity index (χ2v) is 7.77. The van der Waals surface area contributed by atoms with Crippen molar-refractivity contribution in [1.82, 2.24) is 9.91 Å². The van der Waals surface area contributed by atoms with Gasteiger partial charge in [-0.3, -0.25) is 9.91 Å². The molecule has 2 aliphatic rings. The molecule has 3 aromatic rings. The third kappa shape index (κ3) is 3.19. The molecule has 0 amide bonds. The monoisotopic (exact) mass is 383 g/mol. The van der Waals surface area contributed by atoms with Crippen molar-refractivity contribution in [3.8, 4) is 16.9 Å². The number of hydrogen-bond donors (Lipinski definition) is 1. The number of para-hydroxylation sites is 1. The molecule has 1 aliphatic carbocycles. The Balaban J connectivity index is 1.35. The number of benzene rings is 3. The van der Waals surface area contributed by atoms with Crippen LogP contribution in [0.4, 0.5) is 0 Å². The van der Waals surface area contributed by atoms with Crippen molar-refractivity contribution in [1.29, 1.82) is 0 Å². The van der Waals surface area contributed by atoms with Crippen molar-refractivity contribution in [2.75, 3.05) is 26.2 Å². The summed E-state index contributed by atoms with van der Waals surface area (Å²) >= 11 is 0. The summed E-state index contributed by atoms with van der Waals surface area (Å²) in [6.07, 6.45) is 0. The lowest BCUT2D eigenvalue weighted by Crippen LogP contribution is -2.45. The molecule has 0 spiro atoms. The second kappa shape index (κ2) is 7.37. The van der Waals surface area contributed by atoms with Gasteiger partial charge in [-0.1, -0.05) is 60.7 Å². The van der Waals surface area contributed by atoms with E-state index in [0.717, 1.165) is 37.5 Å². The molecule has 1 heterocycles. The van der Waals surface area contributed by atoms with Gasteiger partial charge in [-0.2, -0.15) is 5.10 Å². The summed E-state index contributed by atoms with van der Waals surface area (Å²) in [4.78, 5) is 2.58. The maximum atomic E-state index is 10.1. The average molecular weight is 383 g/mol. The fourth-order valence-corrected chi connectivity index (χ4v) is 4.64. The first kappa shape index (κ1) is 18.0. The van der Waals surface area contributed by atoms with Gasteiger partial charge in [0.25, 0.3) is 0 Å². The van der Waals surface area contributed by atoms with Gasteiger partial charge in [0.1, 0.15) is 5.75 Å². The zero-order chi connectivity index (χ0) is 19.8. The van der Waals surface area contributed by atoms with Crippen molar-refractivity contribution >= 4 is 5.71 Å². The molecule has 0 saturated carbocycles. The van der Waals surface area contributed by atoms with Crippen LogP contribution >= 0.6 is 0 Å². The summed E-state index contributed by atoms with van der Waals surface area (Å²) in [5.74, 6) is 0.284. The highest BCUT2D eigenvalue weighted by Crippen LogP contribution is 2.46. The Hall–Kier alpha value is -3.11. The van der Waals surface area contributed by atoms with E-state index in [1.54, 1.807) is 6.07 Å². The van der Waals surface area contributed by atoms with Gasteiger partial charge >= 0.3 is 0 Å². The second-order valence-electron chi connectivity index (χ2n) is 7.77. The van der Waals surface area contributed by atoms with Gasteiger partial charge in [0.05, 0.1) is 11.8 Å². The van der Waals surface area contributed by atoms with Crippen LogP contribution in [0.15, 0.2) is 77.9 Å². The first-order chi connectivity index (χ1) is 14.2. The van der Waals surface area contributed by atoms with Crippen molar-refractivity contribution in [2.24, 2.45) is 5.10 Å². The minimum atomic E-state index is 0.284. The van der Waals surface area contributed by atoms with E-state index in [2.05, 4.69) is 58.4 Å². The Bertz CT molecular complexity index is 1020. The molecule has 0 bridgehead atoms. The van der Waals surface area contributed by atoms with Gasteiger partial charge in [-0.15, -0.1) is 0 Å². The standard InChI is InChI=1S/C25H25N3O/c1-18(19-8-6-7-13-24(19)29)26-28-16-14-27(15-17-28)25-22-11-4-2-9-20(22)21-10-3-5-12-23(21)25/h2-13,25,29H,14-17H2,1H3/b26-18-. The van der Waals surface area contributed by atoms with Gasteiger partial charge in [0, 0.05) is 31.7 Å². The molecule has 1 N–H and O–H groups in total. The first-order valence-corrected chi connectivity index (χ1v) is 10.2. The van der Waals surface area contributed by atoms with Crippen LogP contribution in [-0.2, 0) is 0 Å². The summed E-state index contributed by atoms with van der Waals surface area (Å²) in [5, 5.41) is 17.0. The number of piperazine rings is 1. The molecular weight excluding hydrogens is 358 g/mol. The summed E-state index contributed by atoms with van der Waals surface area (Å²) in [6, 6.07) is 25.3. The van der Waals surface area contributed by atoms with Gasteiger partial charge in [-0.25, -0.2) is 0 Å². The SMILES string of the molecule is C/C(=N/N1CCN(C2c3ccccc3-c3ccccc32)CC1)c1ccccc1O. The fourth-order valence-electron chi connectivity index (χ4n) is 4.64. The number of hydrogen-bond acceptors (Lipinski definition) is 4. The zero-order valence-electron chi connectivity index (χ0n) is 16.6. The smallest absolute Gasteiger partial charge is 0.124 e. The molecule has 5 rings (SSSR count). The van der Waals surface area contributed by atoms with Crippen LogP contribution in [-0.4, -0.2) is 46.9 Å². The minimum absolute atomic E-state index is 0.284. The molecule has 146 valence electrons. The summed E-state index contributed by atoms with van der Waals surface area (Å²) in [5.41, 5.74) is 7.21. The Morgan fingerprint density at radius 2 is 1.34 bits per heavy atom. The lowest BCUT2D eigenvalue weighted by molar-refractivity contribution is 0.114. The number of aromatic hydroxyl groups is 1. The topological polar surface area (TPSA) is 39.1 Å². The number of phenolic OH excluding ortho intramolecular Hbond substituents is 1. The fraction of sp³-hybridized carbons (Fsp3) is 0.240. The summed E-state index contributed by atoms with van der Waals surface area (Å²) < 4.78 is 0. The van der Waals surface area contributed by atoms with Gasteiger partial charge < -0.3 is 5.11 Å². The van der Waals surface area contributed by atoms with E-state index in [1.807, 2.05) is 25.1 Å². The van der Waals surface area contributed by atoms with Crippen molar-refractivity contribution in [2.45, 2.75) is 13.0 Å². The molecule has 1 saturated heterocycles. The predicted molar refractivity (Wildman–Crippen MR) is 117 cm³/mol. The molecule has 4 nitrogen and oxygen atoms in total. The lowest BCUT2D eigenvalue weighted by Gasteiger charge is -2.37. The van der Waals surface area contributed by atoms with E-state index in [9.17, 15) is 5.11 Å². The lowest BCUT2D eigenvalue weighted by atomic mass is 10.0. The summed E-state index contributed by atoms with van der Waals surface area (Å²) in [6.45, 7) is 5.65. The van der Waals surface area contributed by atoms with Crippen LogP contribution in [0, 0.1) is 0 Å². The molecular formula is C25H25N3O. The number of rotatable bonds is 3. The summed E-state index contributed by atoms with van der Waals surface area (Å²) in [7, 11) is 0. The third-order valence-electron chi connectivity index (χ3n) is 6.04. The van der Waals surface area contributed by atoms with Crippen LogP contribution in [0.5, 0.6) is 5.75 Å². The quantitative estimate of drug-likeness (QED) is 0.677. The van der Waals surface area contributed by atoms with Crippen molar-refractivity contribution in [3.63, 3.8) is 0 Å². The molecule has 1 fully saturated rings. The highest BCUT2D eigenvalue weighted by Gasteiger charge is 2.34. The highest BCUT2D eigenvalue weighted by molar-refractivity contribution is 6.00. The number of fused-ring (bicyclic) bond motifs is 3. The van der Waals surface area contributed by atoms with E-state index in [1.165, 1.54) is 22.3 Å². The zero-order valence-corrected chi connectivity index (χ0v) is 16.6. The number of nitrogens with zero attached hydrogens (tertiary/aromatic N) is 3. The van der Waals surface area contributed by atoms with E-state index in [4.69, 9.17) is 5.10 Å². The first-order valence-electron chi connectivity index (χ1n) is 10.2. The van der Waals surface area contributed by atoms with Crippen LogP contribution in [0.2, 0.25) is 0 Å². The third-order valence-corrected chi connectivity index (χ3v) is 6.04. The molecule has 4 heteroatoms. The van der Waals surface area contributed by atoms with Crippen molar-refractivity contribution in [3.05, 3.63) is 89.5 Å². The molecule has 0 atom stereocenters. The van der Waals surface area contributed by atoms with Gasteiger partial charge in [0.2, 0.25) is 0 Å². The Labute approximate surface area is 171 Å². The largest absolute Gasteiger partial charge is 0.507 e. The van der Waals surface area contributed by atoms with Crippen LogP contribution in [0.25, 0.3) is 11.1 Å². The van der Waals surface area contributed by atoms with E-state index < -0.39 is 0 Å². The van der Waals surface area contributed by atoms with E-state index in [-0.39, 0.29) is 5.75 Å². The molecule has 3 aromatic carbocycles. The van der Waals surface area contributed by atoms with Crippen LogP contribution in [0.1, 0.15) is 29.7 Å². The van der Waals surface area contributed by atoms with Crippen molar-refractivity contribution < 1.29 is 5.11 Å². The van der Waals surface area contributed by atoms with E-state index in [0.29, 0.717) is 6.04 Å². The molecule has 0 aromatic heterocycles. The molecule has 0 unspecified atom stereocenters. The number of phenols is 1. The number of hydrazone groups is 1. The van der Waals surface area contributed by atoms with Gasteiger partial charge in [-0.05, 0) is 41.3 Å². The Morgan fingerprint density at radius 1 is 0.793 bits per heavy atom. The maximum Gasteiger partial charge on any atom is 0.124 e. The van der Waals surface area contributed by atoms with Crippen LogP contribution in [0.3, 0.4) is 0 Å².